The molecule has 5 rings (SSSR count). The first-order valence-corrected chi connectivity index (χ1v) is 12.9. The molecule has 2 aliphatic carbocycles. The maximum Gasteiger partial charge on any atom is 0.243 e. The number of carbonyl (C=O) groups is 1. The van der Waals surface area contributed by atoms with E-state index in [1.807, 2.05) is 4.90 Å². The Balaban J connectivity index is 1.19. The van der Waals surface area contributed by atoms with Crippen LogP contribution in [-0.4, -0.2) is 87.0 Å². The maximum atomic E-state index is 13.2. The zero-order chi connectivity index (χ0) is 21.4. The lowest BCUT2D eigenvalue weighted by Crippen LogP contribution is -2.52. The number of ether oxygens (including phenoxy) is 2. The molecule has 3 fully saturated rings. The van der Waals surface area contributed by atoms with Crippen LogP contribution in [0.3, 0.4) is 0 Å². The molecule has 2 aliphatic heterocycles. The van der Waals surface area contributed by atoms with Crippen LogP contribution in [0.5, 0.6) is 11.5 Å². The third-order valence-electron chi connectivity index (χ3n) is 6.54. The van der Waals surface area contributed by atoms with Gasteiger partial charge in [0.1, 0.15) is 0 Å². The van der Waals surface area contributed by atoms with Gasteiger partial charge in [-0.2, -0.15) is 4.31 Å². The lowest BCUT2D eigenvalue weighted by molar-refractivity contribution is -0.133. The largest absolute Gasteiger partial charge is 0.490 e. The van der Waals surface area contributed by atoms with Crippen molar-refractivity contribution in [3.05, 3.63) is 18.2 Å². The van der Waals surface area contributed by atoms with Gasteiger partial charge in [0.2, 0.25) is 15.9 Å². The highest BCUT2D eigenvalue weighted by atomic mass is 32.2. The van der Waals surface area contributed by atoms with Gasteiger partial charge in [0.15, 0.2) is 11.5 Å². The van der Waals surface area contributed by atoms with Crippen LogP contribution < -0.4 is 9.47 Å². The molecule has 0 aromatic heterocycles. The van der Waals surface area contributed by atoms with Gasteiger partial charge in [0.05, 0.1) is 24.7 Å². The molecule has 0 bridgehead atoms. The summed E-state index contributed by atoms with van der Waals surface area (Å²) < 4.78 is 39.0. The van der Waals surface area contributed by atoms with E-state index in [0.717, 1.165) is 18.9 Å². The van der Waals surface area contributed by atoms with E-state index in [1.165, 1.54) is 30.0 Å². The van der Waals surface area contributed by atoms with Gasteiger partial charge in [-0.25, -0.2) is 8.42 Å². The van der Waals surface area contributed by atoms with Gasteiger partial charge >= 0.3 is 0 Å². The highest BCUT2D eigenvalue weighted by Crippen LogP contribution is 2.35. The summed E-state index contributed by atoms with van der Waals surface area (Å²) in [5.74, 6) is 1.95. The van der Waals surface area contributed by atoms with Crippen LogP contribution >= 0.6 is 0 Å². The third kappa shape index (κ3) is 4.83. The van der Waals surface area contributed by atoms with Crippen LogP contribution in [0.2, 0.25) is 0 Å². The molecule has 1 aromatic carbocycles. The smallest absolute Gasteiger partial charge is 0.243 e. The van der Waals surface area contributed by atoms with Gasteiger partial charge in [-0.05, 0) is 43.7 Å². The lowest BCUT2D eigenvalue weighted by atomic mass is 10.3. The Kier molecular flexibility index (Phi) is 5.83. The lowest BCUT2D eigenvalue weighted by Gasteiger charge is -2.35. The van der Waals surface area contributed by atoms with Crippen molar-refractivity contribution in [3.8, 4) is 11.5 Å². The minimum absolute atomic E-state index is 0.125. The van der Waals surface area contributed by atoms with Crippen molar-refractivity contribution in [2.24, 2.45) is 5.92 Å². The van der Waals surface area contributed by atoms with Gasteiger partial charge in [-0.3, -0.25) is 9.69 Å². The van der Waals surface area contributed by atoms with E-state index in [2.05, 4.69) is 4.90 Å². The van der Waals surface area contributed by atoms with Crippen LogP contribution in [0.4, 0.5) is 0 Å². The van der Waals surface area contributed by atoms with Crippen molar-refractivity contribution in [2.45, 2.75) is 43.0 Å². The molecule has 0 atom stereocenters. The van der Waals surface area contributed by atoms with E-state index >= 15 is 0 Å². The predicted octanol–water partition coefficient (Wildman–Crippen LogP) is 1.56. The summed E-state index contributed by atoms with van der Waals surface area (Å²) in [6, 6.07) is 5.37. The Labute approximate surface area is 184 Å². The molecule has 1 amide bonds. The molecule has 31 heavy (non-hydrogen) atoms. The molecule has 8 nitrogen and oxygen atoms in total. The van der Waals surface area contributed by atoms with Gasteiger partial charge < -0.3 is 14.4 Å². The second-order valence-corrected chi connectivity index (χ2v) is 11.0. The van der Waals surface area contributed by atoms with Gasteiger partial charge in [0.25, 0.3) is 0 Å². The Bertz CT molecular complexity index is 921. The van der Waals surface area contributed by atoms with Crippen LogP contribution in [0.1, 0.15) is 32.1 Å². The number of amides is 1. The Morgan fingerprint density at radius 1 is 1.00 bits per heavy atom. The third-order valence-corrected chi connectivity index (χ3v) is 8.43. The number of sulfonamides is 1. The number of hydrogen-bond acceptors (Lipinski definition) is 6. The number of fused-ring (bicyclic) bond motifs is 1. The van der Waals surface area contributed by atoms with Crippen molar-refractivity contribution in [3.63, 3.8) is 0 Å². The first-order valence-electron chi connectivity index (χ1n) is 11.4. The molecule has 0 unspecified atom stereocenters. The Morgan fingerprint density at radius 3 is 2.39 bits per heavy atom. The number of rotatable bonds is 7. The van der Waals surface area contributed by atoms with Crippen LogP contribution in [0.25, 0.3) is 0 Å². The average molecular weight is 450 g/mol. The standard InChI is InChI=1S/C22H31N3O5S/c26-22(16-24(18-4-5-18)15-17-2-3-17)23-8-10-25(11-9-23)31(27,28)19-6-7-20-21(14-19)30-13-1-12-29-20/h6-7,14,17-18H,1-5,8-13,15-16H2. The van der Waals surface area contributed by atoms with Crippen molar-refractivity contribution < 1.29 is 22.7 Å². The van der Waals surface area contributed by atoms with Crippen LogP contribution in [0.15, 0.2) is 23.1 Å². The van der Waals surface area contributed by atoms with Gasteiger partial charge in [0, 0.05) is 51.3 Å². The summed E-state index contributed by atoms with van der Waals surface area (Å²) in [6.45, 7) is 4.08. The summed E-state index contributed by atoms with van der Waals surface area (Å²) in [4.78, 5) is 17.2. The molecule has 170 valence electrons. The van der Waals surface area contributed by atoms with Crippen molar-refractivity contribution in [1.29, 1.82) is 0 Å². The number of nitrogens with zero attached hydrogens (tertiary/aromatic N) is 3. The molecule has 4 aliphatic rings. The fraction of sp³-hybridized carbons (Fsp3) is 0.682. The van der Waals surface area contributed by atoms with Crippen molar-refractivity contribution in [2.75, 3.05) is 52.5 Å². The Morgan fingerprint density at radius 2 is 1.71 bits per heavy atom. The molecule has 0 N–H and O–H groups in total. The second-order valence-electron chi connectivity index (χ2n) is 9.05. The SMILES string of the molecule is O=C(CN(CC1CC1)C1CC1)N1CCN(S(=O)(=O)c2ccc3c(c2)OCCCO3)CC1. The monoisotopic (exact) mass is 449 g/mol. The average Bonchev–Trinajstić information content (AvgIpc) is 3.65. The first-order chi connectivity index (χ1) is 15.0. The predicted molar refractivity (Wildman–Crippen MR) is 115 cm³/mol. The van der Waals surface area contributed by atoms with Crippen molar-refractivity contribution >= 4 is 15.9 Å². The molecular formula is C22H31N3O5S. The Hall–Kier alpha value is -1.84. The molecule has 9 heteroatoms. The zero-order valence-electron chi connectivity index (χ0n) is 17.9. The summed E-state index contributed by atoms with van der Waals surface area (Å²) in [5, 5.41) is 0. The molecule has 2 saturated carbocycles. The molecule has 1 saturated heterocycles. The van der Waals surface area contributed by atoms with E-state index in [0.29, 0.717) is 63.5 Å². The number of carbonyl (C=O) groups excluding carboxylic acids is 1. The van der Waals surface area contributed by atoms with E-state index in [-0.39, 0.29) is 10.8 Å². The quantitative estimate of drug-likeness (QED) is 0.629. The van der Waals surface area contributed by atoms with E-state index in [1.54, 1.807) is 18.2 Å². The number of benzene rings is 1. The molecule has 0 spiro atoms. The summed E-state index contributed by atoms with van der Waals surface area (Å²) in [7, 11) is -3.64. The summed E-state index contributed by atoms with van der Waals surface area (Å²) in [6.07, 6.45) is 5.73. The van der Waals surface area contributed by atoms with E-state index in [9.17, 15) is 13.2 Å². The minimum Gasteiger partial charge on any atom is -0.490 e. The number of piperazine rings is 1. The molecule has 0 radical (unpaired) electrons. The zero-order valence-corrected chi connectivity index (χ0v) is 18.7. The number of hydrogen-bond donors (Lipinski definition) is 0. The minimum atomic E-state index is -3.64. The van der Waals surface area contributed by atoms with Crippen molar-refractivity contribution in [1.82, 2.24) is 14.1 Å². The fourth-order valence-electron chi connectivity index (χ4n) is 4.32. The van der Waals surface area contributed by atoms with Gasteiger partial charge in [-0.15, -0.1) is 0 Å². The fourth-order valence-corrected chi connectivity index (χ4v) is 5.76. The molecular weight excluding hydrogens is 418 g/mol. The van der Waals surface area contributed by atoms with E-state index < -0.39 is 10.0 Å². The highest BCUT2D eigenvalue weighted by molar-refractivity contribution is 7.89. The second kappa shape index (κ2) is 8.60. The highest BCUT2D eigenvalue weighted by Gasteiger charge is 2.36. The van der Waals surface area contributed by atoms with Gasteiger partial charge in [-0.1, -0.05) is 0 Å². The maximum absolute atomic E-state index is 13.2. The first kappa shape index (κ1) is 21.0. The summed E-state index contributed by atoms with van der Waals surface area (Å²) >= 11 is 0. The topological polar surface area (TPSA) is 79.4 Å². The molecule has 2 heterocycles. The van der Waals surface area contributed by atoms with E-state index in [4.69, 9.17) is 9.47 Å². The molecule has 1 aromatic rings. The normalized spacial score (nSPS) is 22.4. The summed E-state index contributed by atoms with van der Waals surface area (Å²) in [5.41, 5.74) is 0. The van der Waals surface area contributed by atoms with Crippen LogP contribution in [0, 0.1) is 5.92 Å². The van der Waals surface area contributed by atoms with Crippen LogP contribution in [-0.2, 0) is 14.8 Å².